The van der Waals surface area contributed by atoms with Crippen LogP contribution in [0.25, 0.3) is 21.8 Å². The lowest BCUT2D eigenvalue weighted by Gasteiger charge is -2.19. The Morgan fingerprint density at radius 2 is 1.11 bits per heavy atom. The number of fused-ring (bicyclic) bond motifs is 2. The van der Waals surface area contributed by atoms with Gasteiger partial charge in [-0.05, 0) is 66.1 Å². The first-order valence-electron chi connectivity index (χ1n) is 15.3. The molecular formula is C36H38N8O2. The van der Waals surface area contributed by atoms with Gasteiger partial charge in [-0.15, -0.1) is 0 Å². The fourth-order valence-corrected chi connectivity index (χ4v) is 5.13. The summed E-state index contributed by atoms with van der Waals surface area (Å²) in [6.45, 7) is 2.72. The van der Waals surface area contributed by atoms with Crippen LogP contribution < -0.4 is 30.3 Å². The fourth-order valence-electron chi connectivity index (χ4n) is 5.13. The Bertz CT molecular complexity index is 1900. The molecule has 0 radical (unpaired) electrons. The number of rotatable bonds is 14. The van der Waals surface area contributed by atoms with E-state index in [2.05, 4.69) is 33.0 Å². The van der Waals surface area contributed by atoms with E-state index in [1.54, 1.807) is 14.2 Å². The van der Waals surface area contributed by atoms with Crippen LogP contribution in [0.5, 0.6) is 11.5 Å². The van der Waals surface area contributed by atoms with Gasteiger partial charge in [-0.3, -0.25) is 0 Å². The van der Waals surface area contributed by atoms with Crippen LogP contribution in [-0.4, -0.2) is 54.3 Å². The van der Waals surface area contributed by atoms with Crippen molar-refractivity contribution in [3.05, 3.63) is 108 Å². The average molecular weight is 615 g/mol. The van der Waals surface area contributed by atoms with Crippen LogP contribution in [0.2, 0.25) is 0 Å². The minimum Gasteiger partial charge on any atom is -0.497 e. The molecule has 6 rings (SSSR count). The van der Waals surface area contributed by atoms with Crippen LogP contribution in [0.4, 0.5) is 23.5 Å². The molecule has 0 saturated carbocycles. The average Bonchev–Trinajstić information content (AvgIpc) is 3.11. The number of hydrogen-bond donors (Lipinski definition) is 3. The number of anilines is 4. The molecule has 234 valence electrons. The van der Waals surface area contributed by atoms with Crippen molar-refractivity contribution in [3.8, 4) is 11.5 Å². The fraction of sp³-hybridized carbons (Fsp3) is 0.222. The Balaban J connectivity index is 1.09. The van der Waals surface area contributed by atoms with Crippen molar-refractivity contribution in [3.63, 3.8) is 0 Å². The van der Waals surface area contributed by atoms with Gasteiger partial charge in [0, 0.05) is 44.0 Å². The highest BCUT2D eigenvalue weighted by Crippen LogP contribution is 2.25. The van der Waals surface area contributed by atoms with E-state index in [4.69, 9.17) is 29.4 Å². The normalized spacial score (nSPS) is 10.9. The Hall–Kier alpha value is -5.64. The molecule has 0 aliphatic carbocycles. The van der Waals surface area contributed by atoms with E-state index in [9.17, 15) is 0 Å². The second-order valence-corrected chi connectivity index (χ2v) is 10.9. The number of nitrogens with zero attached hydrogens (tertiary/aromatic N) is 5. The molecule has 46 heavy (non-hydrogen) atoms. The summed E-state index contributed by atoms with van der Waals surface area (Å²) >= 11 is 0. The molecule has 10 nitrogen and oxygen atoms in total. The van der Waals surface area contributed by atoms with Crippen LogP contribution in [0.1, 0.15) is 17.5 Å². The molecule has 6 aromatic rings. The largest absolute Gasteiger partial charge is 0.497 e. The van der Waals surface area contributed by atoms with E-state index in [0.717, 1.165) is 69.0 Å². The number of para-hydroxylation sites is 2. The van der Waals surface area contributed by atoms with Crippen LogP contribution >= 0.6 is 0 Å². The van der Waals surface area contributed by atoms with E-state index >= 15 is 0 Å². The van der Waals surface area contributed by atoms with Crippen molar-refractivity contribution in [2.24, 2.45) is 0 Å². The summed E-state index contributed by atoms with van der Waals surface area (Å²) in [4.78, 5) is 21.4. The Kier molecular flexibility index (Phi) is 9.53. The van der Waals surface area contributed by atoms with Gasteiger partial charge in [-0.1, -0.05) is 48.5 Å². The number of nitrogens with one attached hydrogen (secondary N) is 3. The molecule has 10 heteroatoms. The molecule has 0 atom stereocenters. The zero-order valence-electron chi connectivity index (χ0n) is 26.3. The topological polar surface area (TPSA) is 109 Å². The summed E-state index contributed by atoms with van der Waals surface area (Å²) in [7, 11) is 5.36. The summed E-state index contributed by atoms with van der Waals surface area (Å²) in [5.41, 5.74) is 4.05. The Morgan fingerprint density at radius 1 is 0.587 bits per heavy atom. The van der Waals surface area contributed by atoms with Gasteiger partial charge in [-0.2, -0.15) is 9.97 Å². The molecule has 0 bridgehead atoms. The van der Waals surface area contributed by atoms with Crippen LogP contribution in [0, 0.1) is 0 Å². The van der Waals surface area contributed by atoms with E-state index in [-0.39, 0.29) is 0 Å². The van der Waals surface area contributed by atoms with Gasteiger partial charge in [-0.25, -0.2) is 9.97 Å². The lowest BCUT2D eigenvalue weighted by atomic mass is 10.2. The zero-order chi connectivity index (χ0) is 31.7. The Labute approximate surface area is 268 Å². The molecule has 0 aliphatic heterocycles. The summed E-state index contributed by atoms with van der Waals surface area (Å²) in [5, 5.41) is 12.4. The summed E-state index contributed by atoms with van der Waals surface area (Å²) < 4.78 is 10.6. The van der Waals surface area contributed by atoms with E-state index in [1.165, 1.54) is 0 Å². The van der Waals surface area contributed by atoms with Crippen molar-refractivity contribution in [2.45, 2.75) is 19.5 Å². The van der Waals surface area contributed by atoms with Gasteiger partial charge < -0.3 is 30.3 Å². The lowest BCUT2D eigenvalue weighted by molar-refractivity contribution is 0.414. The molecule has 0 amide bonds. The minimum absolute atomic E-state index is 0.588. The zero-order valence-corrected chi connectivity index (χ0v) is 26.3. The number of methoxy groups -OCH3 is 2. The van der Waals surface area contributed by atoms with Crippen molar-refractivity contribution in [1.82, 2.24) is 19.9 Å². The van der Waals surface area contributed by atoms with Crippen LogP contribution in [0.15, 0.2) is 97.1 Å². The Morgan fingerprint density at radius 3 is 1.67 bits per heavy atom. The highest BCUT2D eigenvalue weighted by molar-refractivity contribution is 5.90. The second-order valence-electron chi connectivity index (χ2n) is 10.9. The second kappa shape index (κ2) is 14.4. The molecule has 0 unspecified atom stereocenters. The first-order valence-corrected chi connectivity index (χ1v) is 15.3. The van der Waals surface area contributed by atoms with Gasteiger partial charge in [0.05, 0.1) is 25.3 Å². The maximum Gasteiger partial charge on any atom is 0.227 e. The van der Waals surface area contributed by atoms with E-state index in [1.807, 2.05) is 92.0 Å². The molecular weight excluding hydrogens is 576 g/mol. The lowest BCUT2D eigenvalue weighted by Crippen LogP contribution is -2.23. The highest BCUT2D eigenvalue weighted by Gasteiger charge is 2.12. The van der Waals surface area contributed by atoms with Gasteiger partial charge in [0.1, 0.15) is 23.1 Å². The maximum absolute atomic E-state index is 5.29. The monoisotopic (exact) mass is 614 g/mol. The van der Waals surface area contributed by atoms with Gasteiger partial charge in [0.15, 0.2) is 0 Å². The number of hydrogen-bond acceptors (Lipinski definition) is 10. The molecule has 2 heterocycles. The van der Waals surface area contributed by atoms with Gasteiger partial charge in [0.2, 0.25) is 11.9 Å². The molecule has 4 aromatic carbocycles. The smallest absolute Gasteiger partial charge is 0.227 e. The quantitative estimate of drug-likeness (QED) is 0.114. The first-order chi connectivity index (χ1) is 22.6. The van der Waals surface area contributed by atoms with Gasteiger partial charge >= 0.3 is 0 Å². The van der Waals surface area contributed by atoms with Crippen molar-refractivity contribution >= 4 is 45.3 Å². The third-order valence-electron chi connectivity index (χ3n) is 7.73. The first kappa shape index (κ1) is 30.4. The highest BCUT2D eigenvalue weighted by atomic mass is 16.5. The molecule has 3 N–H and O–H groups in total. The summed E-state index contributed by atoms with van der Waals surface area (Å²) in [5.74, 6) is 4.53. The van der Waals surface area contributed by atoms with Crippen molar-refractivity contribution < 1.29 is 9.47 Å². The number of aromatic nitrogens is 4. The number of benzene rings is 4. The third kappa shape index (κ3) is 7.35. The summed E-state index contributed by atoms with van der Waals surface area (Å²) in [6, 6.07) is 32.1. The molecule has 0 aliphatic rings. The van der Waals surface area contributed by atoms with Crippen molar-refractivity contribution in [2.75, 3.05) is 55.2 Å². The van der Waals surface area contributed by atoms with Crippen LogP contribution in [0.3, 0.4) is 0 Å². The predicted octanol–water partition coefficient (Wildman–Crippen LogP) is 6.75. The van der Waals surface area contributed by atoms with E-state index in [0.29, 0.717) is 31.5 Å². The summed E-state index contributed by atoms with van der Waals surface area (Å²) in [6.07, 6.45) is 0.839. The molecule has 0 spiro atoms. The SMILES string of the molecule is COc1ccc(CNc2nc(NCCCN(C)c3nc(NCc4ccc(OC)cc4)c4ccccc4n3)nc3ccccc23)cc1. The predicted molar refractivity (Wildman–Crippen MR) is 186 cm³/mol. The number of ether oxygens (including phenoxy) is 2. The standard InChI is InChI=1S/C36H38N8O2/c1-44(36-41-32-12-7-5-10-30(32)34(43-36)39-24-26-15-19-28(46-3)20-16-26)22-8-21-37-35-40-31-11-6-4-9-29(31)33(42-35)38-23-25-13-17-27(45-2)18-14-25/h4-7,9-20H,8,21-24H2,1-3H3,(H,39,41,43)(H2,37,38,40,42). The van der Waals surface area contributed by atoms with E-state index < -0.39 is 0 Å². The minimum atomic E-state index is 0.588. The molecule has 2 aromatic heterocycles. The van der Waals surface area contributed by atoms with Crippen LogP contribution in [-0.2, 0) is 13.1 Å². The maximum atomic E-state index is 5.29. The molecule has 0 fully saturated rings. The third-order valence-corrected chi connectivity index (χ3v) is 7.73. The molecule has 0 saturated heterocycles. The van der Waals surface area contributed by atoms with Crippen molar-refractivity contribution in [1.29, 1.82) is 0 Å². The van der Waals surface area contributed by atoms with Gasteiger partial charge in [0.25, 0.3) is 0 Å².